The maximum Gasteiger partial charge on any atom is 0.246 e. The van der Waals surface area contributed by atoms with Crippen LogP contribution in [-0.2, 0) is 27.2 Å². The van der Waals surface area contributed by atoms with Crippen molar-refractivity contribution in [2.45, 2.75) is 75.4 Å². The largest absolute Gasteiger partial charge is 0.349 e. The van der Waals surface area contributed by atoms with Crippen molar-refractivity contribution in [3.8, 4) is 0 Å². The third-order valence-electron chi connectivity index (χ3n) is 8.72. The van der Waals surface area contributed by atoms with Crippen molar-refractivity contribution in [3.05, 3.63) is 71.3 Å². The predicted octanol–water partition coefficient (Wildman–Crippen LogP) is 3.59. The molecule has 2 aromatic carbocycles. The summed E-state index contributed by atoms with van der Waals surface area (Å²) in [6, 6.07) is 17.7. The van der Waals surface area contributed by atoms with Crippen molar-refractivity contribution >= 4 is 29.5 Å². The summed E-state index contributed by atoms with van der Waals surface area (Å²) in [6.45, 7) is 2.16. The van der Waals surface area contributed by atoms with Gasteiger partial charge < -0.3 is 20.9 Å². The molecule has 0 spiro atoms. The summed E-state index contributed by atoms with van der Waals surface area (Å²) in [5.41, 5.74) is 3.04. The lowest BCUT2D eigenvalue weighted by Gasteiger charge is -2.33. The number of nitrogens with zero attached hydrogens (tertiary/aromatic N) is 1. The van der Waals surface area contributed by atoms with Gasteiger partial charge in [0, 0.05) is 6.54 Å². The maximum atomic E-state index is 14.3. The summed E-state index contributed by atoms with van der Waals surface area (Å²) in [4.78, 5) is 42.5. The van der Waals surface area contributed by atoms with Gasteiger partial charge in [-0.25, -0.2) is 0 Å². The van der Waals surface area contributed by atoms with Crippen LogP contribution in [0.4, 0.5) is 0 Å². The Bertz CT molecular complexity index is 1190. The van der Waals surface area contributed by atoms with Gasteiger partial charge in [0.15, 0.2) is 0 Å². The van der Waals surface area contributed by atoms with Crippen LogP contribution in [0.15, 0.2) is 54.6 Å². The lowest BCUT2D eigenvalue weighted by Crippen LogP contribution is -2.53. The first-order valence-corrected chi connectivity index (χ1v) is 15.3. The second-order valence-corrected chi connectivity index (χ2v) is 12.5. The van der Waals surface area contributed by atoms with Crippen LogP contribution in [0.25, 0.3) is 0 Å². The Morgan fingerprint density at radius 1 is 1.05 bits per heavy atom. The number of carbonyl (C=O) groups is 3. The Morgan fingerprint density at radius 2 is 1.82 bits per heavy atom. The van der Waals surface area contributed by atoms with E-state index >= 15 is 0 Å². The Kier molecular flexibility index (Phi) is 8.62. The van der Waals surface area contributed by atoms with E-state index in [4.69, 9.17) is 0 Å². The van der Waals surface area contributed by atoms with Gasteiger partial charge in [-0.2, -0.15) is 0 Å². The van der Waals surface area contributed by atoms with Crippen molar-refractivity contribution in [2.75, 3.05) is 19.3 Å². The van der Waals surface area contributed by atoms with Gasteiger partial charge in [-0.05, 0) is 81.4 Å². The number of benzene rings is 2. The number of nitrogens with one attached hydrogen (secondary N) is 3. The number of hydrogen-bond acceptors (Lipinski definition) is 5. The first-order valence-electron chi connectivity index (χ1n) is 14.2. The minimum absolute atomic E-state index is 0.00474. The van der Waals surface area contributed by atoms with Gasteiger partial charge in [0.25, 0.3) is 0 Å². The Morgan fingerprint density at radius 3 is 2.62 bits per heavy atom. The fourth-order valence-corrected chi connectivity index (χ4v) is 7.65. The molecule has 3 aliphatic rings. The highest BCUT2D eigenvalue weighted by Crippen LogP contribution is 2.45. The standard InChI is InChI=1S/C31H40N4O3S/c1-21(32-2)28(36)33-26-16-18-39-27-19-31(20-35(27)29(26)37,17-15-22-9-4-3-5-10-22)30(38)34-25-14-8-12-23-11-6-7-13-24(23)25/h3-7,9-11,13,21,25-27,32H,8,12,14-20H2,1-2H3,(H,33,36)(H,34,38)/t21?,25-,26+,27+,31?/m1/s1. The van der Waals surface area contributed by atoms with Crippen LogP contribution in [0.2, 0.25) is 0 Å². The zero-order valence-corrected chi connectivity index (χ0v) is 23.8. The summed E-state index contributed by atoms with van der Waals surface area (Å²) in [6.07, 6.45) is 5.69. The molecule has 2 fully saturated rings. The molecule has 39 heavy (non-hydrogen) atoms. The molecule has 0 aromatic heterocycles. The third-order valence-corrected chi connectivity index (χ3v) is 10.00. The highest BCUT2D eigenvalue weighted by atomic mass is 32.2. The molecule has 0 saturated carbocycles. The van der Waals surface area contributed by atoms with E-state index < -0.39 is 11.5 Å². The maximum absolute atomic E-state index is 14.3. The molecule has 2 aliphatic heterocycles. The second-order valence-electron chi connectivity index (χ2n) is 11.2. The lowest BCUT2D eigenvalue weighted by atomic mass is 9.79. The number of hydrogen-bond donors (Lipinski definition) is 3. The Hall–Kier alpha value is -2.84. The van der Waals surface area contributed by atoms with Crippen molar-refractivity contribution in [3.63, 3.8) is 0 Å². The zero-order valence-electron chi connectivity index (χ0n) is 22.9. The van der Waals surface area contributed by atoms with Gasteiger partial charge in [0.05, 0.1) is 22.9 Å². The number of carbonyl (C=O) groups excluding carboxylic acids is 3. The van der Waals surface area contributed by atoms with E-state index in [1.54, 1.807) is 25.7 Å². The van der Waals surface area contributed by atoms with Crippen LogP contribution >= 0.6 is 11.8 Å². The number of likely N-dealkylation sites (N-methyl/N-ethyl adjacent to an activating group) is 1. The molecule has 3 N–H and O–H groups in total. The quantitative estimate of drug-likeness (QED) is 0.469. The monoisotopic (exact) mass is 548 g/mol. The molecule has 2 unspecified atom stereocenters. The van der Waals surface area contributed by atoms with E-state index in [0.717, 1.165) is 31.4 Å². The van der Waals surface area contributed by atoms with Crippen LogP contribution in [0.3, 0.4) is 0 Å². The number of amides is 3. The van der Waals surface area contributed by atoms with Crippen LogP contribution in [0.5, 0.6) is 0 Å². The van der Waals surface area contributed by atoms with Crippen molar-refractivity contribution in [1.82, 2.24) is 20.9 Å². The molecule has 7 nitrogen and oxygen atoms in total. The Balaban J connectivity index is 1.38. The molecular formula is C31H40N4O3S. The van der Waals surface area contributed by atoms with E-state index in [1.165, 1.54) is 16.7 Å². The minimum atomic E-state index is -0.681. The fourth-order valence-electron chi connectivity index (χ4n) is 6.22. The summed E-state index contributed by atoms with van der Waals surface area (Å²) in [5, 5.41) is 9.27. The van der Waals surface area contributed by atoms with Crippen molar-refractivity contribution < 1.29 is 14.4 Å². The van der Waals surface area contributed by atoms with Crippen LogP contribution < -0.4 is 16.0 Å². The minimum Gasteiger partial charge on any atom is -0.349 e. The highest BCUT2D eigenvalue weighted by molar-refractivity contribution is 7.99. The summed E-state index contributed by atoms with van der Waals surface area (Å²) in [7, 11) is 1.73. The molecule has 0 radical (unpaired) electrons. The van der Waals surface area contributed by atoms with Crippen LogP contribution in [-0.4, -0.2) is 59.4 Å². The predicted molar refractivity (Wildman–Crippen MR) is 155 cm³/mol. The van der Waals surface area contributed by atoms with Gasteiger partial charge in [-0.3, -0.25) is 14.4 Å². The zero-order chi connectivity index (χ0) is 27.4. The topological polar surface area (TPSA) is 90.5 Å². The summed E-state index contributed by atoms with van der Waals surface area (Å²) < 4.78 is 0. The molecule has 2 saturated heterocycles. The van der Waals surface area contributed by atoms with Crippen molar-refractivity contribution in [2.24, 2.45) is 5.41 Å². The fraction of sp³-hybridized carbons (Fsp3) is 0.516. The first-order chi connectivity index (χ1) is 18.9. The number of rotatable bonds is 8. The van der Waals surface area contributed by atoms with Crippen molar-refractivity contribution in [1.29, 1.82) is 0 Å². The SMILES string of the molecule is CNC(C)C(=O)N[C@H]1CCS[C@H]2CC(CCc3ccccc3)(C(=O)N[C@@H]3CCCc4ccccc43)CN2C1=O. The van der Waals surface area contributed by atoms with E-state index in [2.05, 4.69) is 46.3 Å². The van der Waals surface area contributed by atoms with Gasteiger partial charge in [-0.15, -0.1) is 11.8 Å². The van der Waals surface area contributed by atoms with E-state index in [-0.39, 0.29) is 35.2 Å². The molecular weight excluding hydrogens is 508 g/mol. The number of fused-ring (bicyclic) bond motifs is 2. The molecule has 0 bridgehead atoms. The van der Waals surface area contributed by atoms with Gasteiger partial charge in [0.1, 0.15) is 6.04 Å². The smallest absolute Gasteiger partial charge is 0.246 e. The Labute approximate surface area is 235 Å². The summed E-state index contributed by atoms with van der Waals surface area (Å²) >= 11 is 1.74. The molecule has 1 aliphatic carbocycles. The molecule has 3 amide bonds. The van der Waals surface area contributed by atoms with E-state index in [9.17, 15) is 14.4 Å². The van der Waals surface area contributed by atoms with E-state index in [1.807, 2.05) is 29.2 Å². The molecule has 208 valence electrons. The van der Waals surface area contributed by atoms with Gasteiger partial charge in [-0.1, -0.05) is 54.6 Å². The molecule has 8 heteroatoms. The molecule has 2 aromatic rings. The van der Waals surface area contributed by atoms with E-state index in [0.29, 0.717) is 25.8 Å². The number of thioether (sulfide) groups is 1. The normalized spacial score (nSPS) is 27.2. The lowest BCUT2D eigenvalue weighted by molar-refractivity contribution is -0.138. The molecule has 5 rings (SSSR count). The van der Waals surface area contributed by atoms with Crippen LogP contribution in [0.1, 0.15) is 61.8 Å². The average molecular weight is 549 g/mol. The molecule has 2 heterocycles. The number of aryl methyl sites for hydroxylation is 2. The summed E-state index contributed by atoms with van der Waals surface area (Å²) in [5.74, 6) is 0.561. The third kappa shape index (κ3) is 6.02. The second kappa shape index (κ2) is 12.1. The average Bonchev–Trinajstić information content (AvgIpc) is 3.29. The highest BCUT2D eigenvalue weighted by Gasteiger charge is 2.52. The van der Waals surface area contributed by atoms with Gasteiger partial charge >= 0.3 is 0 Å². The molecule has 5 atom stereocenters. The van der Waals surface area contributed by atoms with Gasteiger partial charge in [0.2, 0.25) is 17.7 Å². The first kappa shape index (κ1) is 27.7. The van der Waals surface area contributed by atoms with Crippen LogP contribution in [0, 0.1) is 5.41 Å².